The summed E-state index contributed by atoms with van der Waals surface area (Å²) in [4.78, 5) is 1.31. The summed E-state index contributed by atoms with van der Waals surface area (Å²) in [5.41, 5.74) is 7.81. The van der Waals surface area contributed by atoms with E-state index in [9.17, 15) is 0 Å². The molecule has 0 atom stereocenters. The zero-order chi connectivity index (χ0) is 12.7. The topological polar surface area (TPSA) is 43.8 Å². The molecule has 1 saturated carbocycles. The third-order valence-corrected chi connectivity index (χ3v) is 5.29. The number of aryl methyl sites for hydroxylation is 1. The van der Waals surface area contributed by atoms with Gasteiger partial charge in [-0.1, -0.05) is 6.07 Å². The number of halogens is 1. The van der Waals surface area contributed by atoms with Gasteiger partial charge >= 0.3 is 0 Å². The quantitative estimate of drug-likeness (QED) is 0.936. The number of hydrogen-bond donors (Lipinski definition) is 1. The van der Waals surface area contributed by atoms with E-state index in [0.29, 0.717) is 5.82 Å². The van der Waals surface area contributed by atoms with Gasteiger partial charge in [0, 0.05) is 33.3 Å². The van der Waals surface area contributed by atoms with Gasteiger partial charge in [0.25, 0.3) is 0 Å². The maximum Gasteiger partial charge on any atom is 0.121 e. The van der Waals surface area contributed by atoms with E-state index >= 15 is 0 Å². The van der Waals surface area contributed by atoms with Gasteiger partial charge in [-0.15, -0.1) is 11.8 Å². The molecule has 0 amide bonds. The van der Waals surface area contributed by atoms with Crippen LogP contribution in [0.5, 0.6) is 0 Å². The molecule has 18 heavy (non-hydrogen) atoms. The van der Waals surface area contributed by atoms with Crippen LogP contribution in [0.1, 0.15) is 12.8 Å². The second-order valence-electron chi connectivity index (χ2n) is 4.54. The number of thioether (sulfide) groups is 1. The second kappa shape index (κ2) is 4.63. The Hall–Kier alpha value is -0.940. The molecule has 3 rings (SSSR count). The van der Waals surface area contributed by atoms with Crippen LogP contribution in [0, 0.1) is 0 Å². The van der Waals surface area contributed by atoms with Crippen molar-refractivity contribution >= 4 is 33.5 Å². The van der Waals surface area contributed by atoms with E-state index in [1.54, 1.807) is 4.68 Å². The molecule has 1 aliphatic carbocycles. The zero-order valence-electron chi connectivity index (χ0n) is 10.1. The van der Waals surface area contributed by atoms with Crippen molar-refractivity contribution < 1.29 is 0 Å². The number of nitrogen functional groups attached to an aromatic ring is 1. The Morgan fingerprint density at radius 3 is 2.72 bits per heavy atom. The Labute approximate surface area is 119 Å². The van der Waals surface area contributed by atoms with Crippen molar-refractivity contribution in [2.75, 3.05) is 5.73 Å². The first kappa shape index (κ1) is 12.1. The Kier molecular flexibility index (Phi) is 3.11. The maximum atomic E-state index is 5.80. The third-order valence-electron chi connectivity index (χ3n) is 2.96. The van der Waals surface area contributed by atoms with Crippen LogP contribution in [0.2, 0.25) is 0 Å². The molecule has 5 heteroatoms. The molecular formula is C13H14BrN3S. The average Bonchev–Trinajstić information content (AvgIpc) is 3.08. The molecule has 0 aliphatic heterocycles. The number of anilines is 1. The Morgan fingerprint density at radius 1 is 1.39 bits per heavy atom. The Bertz CT molecular complexity index is 570. The monoisotopic (exact) mass is 323 g/mol. The first-order valence-corrected chi connectivity index (χ1v) is 7.57. The van der Waals surface area contributed by atoms with Gasteiger partial charge in [0.05, 0.1) is 5.69 Å². The van der Waals surface area contributed by atoms with Crippen molar-refractivity contribution in [3.63, 3.8) is 0 Å². The molecule has 2 aromatic rings. The van der Waals surface area contributed by atoms with Crippen molar-refractivity contribution in [3.8, 4) is 11.3 Å². The molecule has 1 heterocycles. The van der Waals surface area contributed by atoms with Gasteiger partial charge < -0.3 is 5.73 Å². The molecule has 0 unspecified atom stereocenters. The summed E-state index contributed by atoms with van der Waals surface area (Å²) in [5.74, 6) is 0.678. The van der Waals surface area contributed by atoms with Crippen LogP contribution in [0.25, 0.3) is 11.3 Å². The first-order chi connectivity index (χ1) is 8.63. The minimum Gasteiger partial charge on any atom is -0.384 e. The molecule has 0 saturated heterocycles. The normalized spacial score (nSPS) is 15.0. The molecular weight excluding hydrogens is 310 g/mol. The minimum atomic E-state index is 0.678. The number of nitrogens with two attached hydrogens (primary N) is 1. The maximum absolute atomic E-state index is 5.80. The first-order valence-electron chi connectivity index (χ1n) is 5.89. The number of hydrogen-bond acceptors (Lipinski definition) is 3. The van der Waals surface area contributed by atoms with Gasteiger partial charge in [-0.05, 0) is 40.9 Å². The fourth-order valence-corrected chi connectivity index (χ4v) is 3.45. The number of aromatic nitrogens is 2. The lowest BCUT2D eigenvalue weighted by Crippen LogP contribution is -1.96. The van der Waals surface area contributed by atoms with Crippen molar-refractivity contribution in [2.24, 2.45) is 7.05 Å². The molecule has 0 bridgehead atoms. The third kappa shape index (κ3) is 2.42. The smallest absolute Gasteiger partial charge is 0.121 e. The summed E-state index contributed by atoms with van der Waals surface area (Å²) in [6.45, 7) is 0. The molecule has 1 aliphatic rings. The number of nitrogens with zero attached hydrogens (tertiary/aromatic N) is 2. The molecule has 1 fully saturated rings. The van der Waals surface area contributed by atoms with Gasteiger partial charge in [-0.25, -0.2) is 0 Å². The van der Waals surface area contributed by atoms with Crippen LogP contribution in [-0.2, 0) is 7.05 Å². The molecule has 0 spiro atoms. The Balaban J connectivity index is 1.90. The summed E-state index contributed by atoms with van der Waals surface area (Å²) in [5, 5.41) is 5.21. The van der Waals surface area contributed by atoms with Gasteiger partial charge in [-0.2, -0.15) is 5.10 Å². The SMILES string of the molecule is Cn1nc(-c2ccc(SC3CC3)c(Br)c2)cc1N. The minimum absolute atomic E-state index is 0.678. The molecule has 0 radical (unpaired) electrons. The summed E-state index contributed by atoms with van der Waals surface area (Å²) in [6, 6.07) is 8.28. The summed E-state index contributed by atoms with van der Waals surface area (Å²) in [6.07, 6.45) is 2.69. The highest BCUT2D eigenvalue weighted by Gasteiger charge is 2.23. The van der Waals surface area contributed by atoms with E-state index in [2.05, 4.69) is 39.2 Å². The molecule has 94 valence electrons. The van der Waals surface area contributed by atoms with E-state index in [-0.39, 0.29) is 0 Å². The van der Waals surface area contributed by atoms with Crippen LogP contribution in [-0.4, -0.2) is 15.0 Å². The van der Waals surface area contributed by atoms with Crippen LogP contribution < -0.4 is 5.73 Å². The van der Waals surface area contributed by atoms with Gasteiger partial charge in [-0.3, -0.25) is 4.68 Å². The predicted octanol–water partition coefficient (Wildman–Crippen LogP) is 3.69. The van der Waals surface area contributed by atoms with E-state index < -0.39 is 0 Å². The van der Waals surface area contributed by atoms with Crippen molar-refractivity contribution in [3.05, 3.63) is 28.7 Å². The van der Waals surface area contributed by atoms with Crippen molar-refractivity contribution in [2.45, 2.75) is 23.0 Å². The molecule has 1 aromatic heterocycles. The van der Waals surface area contributed by atoms with Crippen molar-refractivity contribution in [1.29, 1.82) is 0 Å². The standard InChI is InChI=1S/C13H14BrN3S/c1-17-13(15)7-11(16-17)8-2-5-12(10(14)6-8)18-9-3-4-9/h2,5-7,9H,3-4,15H2,1H3. The largest absolute Gasteiger partial charge is 0.384 e. The van der Waals surface area contributed by atoms with E-state index in [1.807, 2.05) is 24.9 Å². The van der Waals surface area contributed by atoms with Gasteiger partial charge in [0.1, 0.15) is 5.82 Å². The van der Waals surface area contributed by atoms with Gasteiger partial charge in [0.15, 0.2) is 0 Å². The summed E-state index contributed by atoms with van der Waals surface area (Å²) < 4.78 is 2.83. The highest BCUT2D eigenvalue weighted by molar-refractivity contribution is 9.10. The fraction of sp³-hybridized carbons (Fsp3) is 0.308. The van der Waals surface area contributed by atoms with Crippen LogP contribution in [0.3, 0.4) is 0 Å². The average molecular weight is 324 g/mol. The van der Waals surface area contributed by atoms with Crippen molar-refractivity contribution in [1.82, 2.24) is 9.78 Å². The predicted molar refractivity (Wildman–Crippen MR) is 79.6 cm³/mol. The second-order valence-corrected chi connectivity index (χ2v) is 6.74. The molecule has 3 nitrogen and oxygen atoms in total. The fourth-order valence-electron chi connectivity index (χ4n) is 1.74. The zero-order valence-corrected chi connectivity index (χ0v) is 12.5. The highest BCUT2D eigenvalue weighted by atomic mass is 79.9. The highest BCUT2D eigenvalue weighted by Crippen LogP contribution is 2.42. The van der Waals surface area contributed by atoms with Crippen LogP contribution in [0.4, 0.5) is 5.82 Å². The van der Waals surface area contributed by atoms with Crippen LogP contribution >= 0.6 is 27.7 Å². The van der Waals surface area contributed by atoms with E-state index in [0.717, 1.165) is 21.0 Å². The van der Waals surface area contributed by atoms with E-state index in [4.69, 9.17) is 5.73 Å². The summed E-state index contributed by atoms with van der Waals surface area (Å²) in [7, 11) is 1.85. The van der Waals surface area contributed by atoms with Crippen LogP contribution in [0.15, 0.2) is 33.6 Å². The molecule has 1 aromatic carbocycles. The number of rotatable bonds is 3. The lowest BCUT2D eigenvalue weighted by Gasteiger charge is -2.05. The van der Waals surface area contributed by atoms with E-state index in [1.165, 1.54) is 17.7 Å². The van der Waals surface area contributed by atoms with Gasteiger partial charge in [0.2, 0.25) is 0 Å². The summed E-state index contributed by atoms with van der Waals surface area (Å²) >= 11 is 5.59. The molecule has 2 N–H and O–H groups in total. The lowest BCUT2D eigenvalue weighted by atomic mass is 10.1. The number of benzene rings is 1. The Morgan fingerprint density at radius 2 is 2.17 bits per heavy atom. The lowest BCUT2D eigenvalue weighted by molar-refractivity contribution is 0.782.